The zero-order chi connectivity index (χ0) is 17.8. The summed E-state index contributed by atoms with van der Waals surface area (Å²) in [6.45, 7) is 2.96. The fourth-order valence-corrected chi connectivity index (χ4v) is 3.72. The Morgan fingerprint density at radius 2 is 2.00 bits per heavy atom. The minimum absolute atomic E-state index is 0.494. The summed E-state index contributed by atoms with van der Waals surface area (Å²) in [7, 11) is 0. The quantitative estimate of drug-likeness (QED) is 0.870. The Kier molecular flexibility index (Phi) is 4.71. The summed E-state index contributed by atoms with van der Waals surface area (Å²) in [5.41, 5.74) is 0.297. The van der Waals surface area contributed by atoms with E-state index in [1.54, 1.807) is 6.20 Å². The molecule has 0 amide bonds. The Balaban J connectivity index is 1.72. The topological polar surface area (TPSA) is 103 Å². The van der Waals surface area contributed by atoms with Gasteiger partial charge in [0.25, 0.3) is 0 Å². The third-order valence-corrected chi connectivity index (χ3v) is 5.21. The highest BCUT2D eigenvalue weighted by Crippen LogP contribution is 2.39. The summed E-state index contributed by atoms with van der Waals surface area (Å²) in [5, 5.41) is 20.0. The van der Waals surface area contributed by atoms with Crippen molar-refractivity contribution in [3.8, 4) is 6.07 Å². The van der Waals surface area contributed by atoms with Crippen LogP contribution in [0, 0.1) is 11.3 Å². The lowest BCUT2D eigenvalue weighted by Gasteiger charge is -2.32. The van der Waals surface area contributed by atoms with Gasteiger partial charge in [-0.2, -0.15) is 15.3 Å². The molecule has 0 atom stereocenters. The molecular weight excluding hydrogens is 330 g/mol. The second-order valence-corrected chi connectivity index (χ2v) is 6.88. The van der Waals surface area contributed by atoms with Crippen LogP contribution in [-0.2, 0) is 10.2 Å². The minimum atomic E-state index is -0.521. The molecule has 0 aromatic carbocycles. The largest absolute Gasteiger partial charge is 0.378 e. The van der Waals surface area contributed by atoms with Gasteiger partial charge in [-0.3, -0.25) is 5.10 Å². The van der Waals surface area contributed by atoms with E-state index < -0.39 is 5.41 Å². The first kappa shape index (κ1) is 16.8. The van der Waals surface area contributed by atoms with Crippen LogP contribution in [0.15, 0.2) is 18.3 Å². The van der Waals surface area contributed by atoms with E-state index in [0.717, 1.165) is 56.1 Å². The number of H-pyrrole nitrogens is 1. The predicted octanol–water partition coefficient (Wildman–Crippen LogP) is 2.51. The summed E-state index contributed by atoms with van der Waals surface area (Å²) in [6, 6.07) is 6.39. The number of aromatic nitrogens is 4. The van der Waals surface area contributed by atoms with Crippen LogP contribution in [0.1, 0.15) is 37.8 Å². The van der Waals surface area contributed by atoms with Gasteiger partial charge in [0.05, 0.1) is 36.6 Å². The van der Waals surface area contributed by atoms with Gasteiger partial charge in [-0.1, -0.05) is 19.3 Å². The van der Waals surface area contributed by atoms with Crippen LogP contribution in [0.2, 0.25) is 0 Å². The Bertz CT molecular complexity index is 771. The van der Waals surface area contributed by atoms with Crippen molar-refractivity contribution in [1.82, 2.24) is 20.2 Å². The van der Waals surface area contributed by atoms with Gasteiger partial charge in [0, 0.05) is 25.2 Å². The Hall–Kier alpha value is -2.66. The SMILES string of the molecule is N#CC1(c2cc(N3CCOCC3)nc(Nc3ccn[nH]3)n2)CCCCC1. The Morgan fingerprint density at radius 1 is 1.19 bits per heavy atom. The average molecular weight is 353 g/mol. The number of nitrogens with one attached hydrogen (secondary N) is 2. The van der Waals surface area contributed by atoms with E-state index >= 15 is 0 Å². The summed E-state index contributed by atoms with van der Waals surface area (Å²) >= 11 is 0. The van der Waals surface area contributed by atoms with Gasteiger partial charge in [0.1, 0.15) is 11.6 Å². The summed E-state index contributed by atoms with van der Waals surface area (Å²) < 4.78 is 5.46. The molecular formula is C18H23N7O. The van der Waals surface area contributed by atoms with Crippen LogP contribution >= 0.6 is 0 Å². The number of hydrogen-bond acceptors (Lipinski definition) is 7. The molecule has 4 rings (SSSR count). The van der Waals surface area contributed by atoms with Gasteiger partial charge in [-0.25, -0.2) is 4.98 Å². The van der Waals surface area contributed by atoms with Crippen molar-refractivity contribution in [2.45, 2.75) is 37.5 Å². The molecule has 2 aromatic rings. The standard InChI is InChI=1S/C18H23N7O/c19-13-18(5-2-1-3-6-18)14-12-16(25-8-10-26-11-9-25)23-17(21-14)22-15-4-7-20-24-15/h4,7,12H,1-3,5-6,8-11H2,(H2,20,21,22,23,24). The number of morpholine rings is 1. The van der Waals surface area contributed by atoms with E-state index in [2.05, 4.69) is 31.5 Å². The molecule has 8 nitrogen and oxygen atoms in total. The second-order valence-electron chi connectivity index (χ2n) is 6.88. The lowest BCUT2D eigenvalue weighted by molar-refractivity contribution is 0.122. The zero-order valence-corrected chi connectivity index (χ0v) is 14.7. The monoisotopic (exact) mass is 353 g/mol. The normalized spacial score (nSPS) is 19.7. The van der Waals surface area contributed by atoms with Crippen LogP contribution in [0.3, 0.4) is 0 Å². The van der Waals surface area contributed by atoms with Gasteiger partial charge >= 0.3 is 0 Å². The number of aromatic amines is 1. The van der Waals surface area contributed by atoms with Crippen molar-refractivity contribution in [2.75, 3.05) is 36.5 Å². The number of anilines is 3. The maximum Gasteiger partial charge on any atom is 0.230 e. The molecule has 2 aliphatic rings. The molecule has 1 aliphatic carbocycles. The van der Waals surface area contributed by atoms with Crippen molar-refractivity contribution in [3.63, 3.8) is 0 Å². The van der Waals surface area contributed by atoms with E-state index in [4.69, 9.17) is 9.72 Å². The van der Waals surface area contributed by atoms with E-state index in [1.807, 2.05) is 12.1 Å². The molecule has 26 heavy (non-hydrogen) atoms. The molecule has 1 aliphatic heterocycles. The van der Waals surface area contributed by atoms with Crippen LogP contribution in [0.4, 0.5) is 17.6 Å². The van der Waals surface area contributed by atoms with Crippen molar-refractivity contribution in [3.05, 3.63) is 24.0 Å². The van der Waals surface area contributed by atoms with Gasteiger partial charge < -0.3 is 15.0 Å². The minimum Gasteiger partial charge on any atom is -0.378 e. The number of rotatable bonds is 4. The second kappa shape index (κ2) is 7.30. The molecule has 0 unspecified atom stereocenters. The molecule has 1 saturated carbocycles. The van der Waals surface area contributed by atoms with Crippen molar-refractivity contribution >= 4 is 17.6 Å². The smallest absolute Gasteiger partial charge is 0.230 e. The molecule has 8 heteroatoms. The van der Waals surface area contributed by atoms with Crippen molar-refractivity contribution in [2.24, 2.45) is 0 Å². The molecule has 2 fully saturated rings. The van der Waals surface area contributed by atoms with E-state index in [-0.39, 0.29) is 0 Å². The van der Waals surface area contributed by atoms with Crippen LogP contribution in [0.5, 0.6) is 0 Å². The summed E-state index contributed by atoms with van der Waals surface area (Å²) in [4.78, 5) is 11.6. The first-order valence-electron chi connectivity index (χ1n) is 9.19. The fraction of sp³-hybridized carbons (Fsp3) is 0.556. The first-order chi connectivity index (χ1) is 12.8. The number of nitrogens with zero attached hydrogens (tertiary/aromatic N) is 5. The Morgan fingerprint density at radius 3 is 2.69 bits per heavy atom. The summed E-state index contributed by atoms with van der Waals surface area (Å²) in [5.74, 6) is 2.07. The van der Waals surface area contributed by atoms with Crippen LogP contribution in [0.25, 0.3) is 0 Å². The number of ether oxygens (including phenoxy) is 1. The third-order valence-electron chi connectivity index (χ3n) is 5.21. The van der Waals surface area contributed by atoms with Crippen molar-refractivity contribution in [1.29, 1.82) is 5.26 Å². The highest BCUT2D eigenvalue weighted by molar-refractivity contribution is 5.53. The molecule has 0 spiro atoms. The van der Waals surface area contributed by atoms with Gasteiger partial charge in [-0.05, 0) is 12.8 Å². The molecule has 1 saturated heterocycles. The third kappa shape index (κ3) is 3.35. The number of nitriles is 1. The maximum absolute atomic E-state index is 9.96. The van der Waals surface area contributed by atoms with E-state index in [9.17, 15) is 5.26 Å². The number of hydrogen-bond donors (Lipinski definition) is 2. The van der Waals surface area contributed by atoms with Crippen molar-refractivity contribution < 1.29 is 4.74 Å². The predicted molar refractivity (Wildman–Crippen MR) is 97.3 cm³/mol. The molecule has 0 bridgehead atoms. The van der Waals surface area contributed by atoms with Crippen LogP contribution in [-0.4, -0.2) is 46.5 Å². The molecule has 0 radical (unpaired) electrons. The maximum atomic E-state index is 9.96. The van der Waals surface area contributed by atoms with Gasteiger partial charge in [-0.15, -0.1) is 0 Å². The first-order valence-corrected chi connectivity index (χ1v) is 9.19. The highest BCUT2D eigenvalue weighted by Gasteiger charge is 2.36. The van der Waals surface area contributed by atoms with Gasteiger partial charge in [0.2, 0.25) is 5.95 Å². The lowest BCUT2D eigenvalue weighted by Crippen LogP contribution is -2.37. The molecule has 3 heterocycles. The van der Waals surface area contributed by atoms with Crippen LogP contribution < -0.4 is 10.2 Å². The molecule has 2 N–H and O–H groups in total. The lowest BCUT2D eigenvalue weighted by atomic mass is 9.73. The van der Waals surface area contributed by atoms with Gasteiger partial charge in [0.15, 0.2) is 0 Å². The average Bonchev–Trinajstić information content (AvgIpc) is 3.22. The zero-order valence-electron chi connectivity index (χ0n) is 14.7. The molecule has 136 valence electrons. The molecule has 2 aromatic heterocycles. The Labute approximate surface area is 152 Å². The van der Waals surface area contributed by atoms with E-state index in [0.29, 0.717) is 19.2 Å². The summed E-state index contributed by atoms with van der Waals surface area (Å²) in [6.07, 6.45) is 6.69. The highest BCUT2D eigenvalue weighted by atomic mass is 16.5. The fourth-order valence-electron chi connectivity index (χ4n) is 3.72. The van der Waals surface area contributed by atoms with E-state index in [1.165, 1.54) is 6.42 Å².